The number of halogens is 2. The van der Waals surface area contributed by atoms with Crippen LogP contribution in [0.5, 0.6) is 0 Å². The van der Waals surface area contributed by atoms with Crippen molar-refractivity contribution < 1.29 is 17.8 Å². The summed E-state index contributed by atoms with van der Waals surface area (Å²) >= 11 is 3.47. The molecule has 3 saturated carbocycles. The second kappa shape index (κ2) is 6.02. The molecule has 136 valence electrons. The molecule has 0 aromatic heterocycles. The van der Waals surface area contributed by atoms with Crippen LogP contribution in [-0.2, 0) is 12.7 Å². The summed E-state index contributed by atoms with van der Waals surface area (Å²) in [5, 5.41) is 10.7. The molecule has 25 heavy (non-hydrogen) atoms. The van der Waals surface area contributed by atoms with Crippen molar-refractivity contribution in [3.63, 3.8) is 0 Å². The van der Waals surface area contributed by atoms with Crippen molar-refractivity contribution in [2.45, 2.75) is 45.1 Å². The number of aliphatic hydroxyl groups excluding tert-OH is 1. The number of rotatable bonds is 2. The van der Waals surface area contributed by atoms with Gasteiger partial charge in [-0.05, 0) is 56.3 Å². The highest BCUT2D eigenvalue weighted by atomic mass is 127. The second-order valence-electron chi connectivity index (χ2n) is 8.46. The molecule has 0 aromatic rings. The minimum Gasteiger partial charge on any atom is -0.394 e. The quantitative estimate of drug-likeness (QED) is 0.309. The van der Waals surface area contributed by atoms with Crippen LogP contribution in [0.25, 0.3) is 0 Å². The number of hydrogen-bond acceptors (Lipinski definition) is 4. The van der Waals surface area contributed by atoms with Crippen molar-refractivity contribution in [3.05, 3.63) is 23.8 Å². The molecule has 0 aromatic carbocycles. The van der Waals surface area contributed by atoms with Gasteiger partial charge in [0, 0.05) is 28.5 Å². The highest BCUT2D eigenvalue weighted by molar-refractivity contribution is 14.1. The third kappa shape index (κ3) is 2.25. The van der Waals surface area contributed by atoms with E-state index in [9.17, 15) is 14.7 Å². The van der Waals surface area contributed by atoms with E-state index < -0.39 is 11.5 Å². The van der Waals surface area contributed by atoms with Crippen LogP contribution in [0.2, 0.25) is 0 Å². The Hall–Kier alpha value is 0.0400. The lowest BCUT2D eigenvalue weighted by molar-refractivity contribution is -0.148. The topological polar surface area (TPSA) is 63.6 Å². The van der Waals surface area contributed by atoms with E-state index in [2.05, 4.69) is 12.7 Å². The van der Waals surface area contributed by atoms with Gasteiger partial charge in [-0.1, -0.05) is 23.8 Å². The first kappa shape index (κ1) is 18.4. The zero-order valence-electron chi connectivity index (χ0n) is 14.1. The minimum atomic E-state index is -0.939. The Balaban J connectivity index is 1.92. The molecule has 1 spiro atoms. The van der Waals surface area contributed by atoms with Crippen molar-refractivity contribution >= 4 is 55.4 Å². The summed E-state index contributed by atoms with van der Waals surface area (Å²) in [4.78, 5) is 25.6. The lowest BCUT2D eigenvalue weighted by atomic mass is 9.61. The first-order chi connectivity index (χ1) is 11.8. The molecule has 6 heteroatoms. The van der Waals surface area contributed by atoms with E-state index in [1.54, 1.807) is 45.6 Å². The third-order valence-corrected chi connectivity index (χ3v) is 9.24. The summed E-state index contributed by atoms with van der Waals surface area (Å²) in [5.41, 5.74) is 1.34. The molecular weight excluding hydrogens is 546 g/mol. The van der Waals surface area contributed by atoms with Gasteiger partial charge < -0.3 is 8.17 Å². The zero-order valence-corrected chi connectivity index (χ0v) is 18.4. The fourth-order valence-corrected chi connectivity index (χ4v) is 7.47. The summed E-state index contributed by atoms with van der Waals surface area (Å²) in [5.74, 6) is -0.102. The Bertz CT molecular complexity index is 702. The highest BCUT2D eigenvalue weighted by Crippen LogP contribution is 2.72. The fraction of sp³-hybridized carbons (Fsp3) is 0.684. The van der Waals surface area contributed by atoms with Gasteiger partial charge in [-0.15, -0.1) is 0 Å². The molecule has 3 fully saturated rings. The smallest absolute Gasteiger partial charge is 0.319 e. The van der Waals surface area contributed by atoms with Gasteiger partial charge in [0.05, 0.1) is 17.4 Å². The van der Waals surface area contributed by atoms with Crippen LogP contribution in [0.4, 0.5) is 0 Å². The first-order valence-corrected chi connectivity index (χ1v) is 10.8. The molecule has 1 N–H and O–H groups in total. The molecule has 7 atom stereocenters. The van der Waals surface area contributed by atoms with Crippen LogP contribution in [0.1, 0.15) is 39.0 Å². The highest BCUT2D eigenvalue weighted by Gasteiger charge is 2.70. The number of carbonyl (C=O) groups excluding carboxylic acids is 2. The van der Waals surface area contributed by atoms with Gasteiger partial charge in [0.2, 0.25) is 3.79 Å². The van der Waals surface area contributed by atoms with Crippen LogP contribution >= 0.6 is 45.6 Å². The van der Waals surface area contributed by atoms with Gasteiger partial charge in [-0.25, -0.2) is 0 Å². The summed E-state index contributed by atoms with van der Waals surface area (Å²) in [6.45, 7) is 6.12. The van der Waals surface area contributed by atoms with E-state index in [0.717, 1.165) is 25.7 Å². The van der Waals surface area contributed by atoms with E-state index in [1.165, 1.54) is 11.1 Å². The maximum absolute atomic E-state index is 12.9. The molecule has 0 aliphatic heterocycles. The van der Waals surface area contributed by atoms with E-state index in [-0.39, 0.29) is 27.0 Å². The van der Waals surface area contributed by atoms with Crippen LogP contribution in [0.3, 0.4) is 0 Å². The molecule has 4 rings (SSSR count). The van der Waals surface area contributed by atoms with Gasteiger partial charge in [0.15, 0.2) is 23.0 Å². The van der Waals surface area contributed by atoms with Gasteiger partial charge in [-0.3, -0.25) is 9.59 Å². The largest absolute Gasteiger partial charge is 0.394 e. The Labute approximate surface area is 175 Å². The SMILES string of the molecule is C=C1C[C@]23C[C@H]1CCC2C1=CC[C@H](O)[C@@](C)(C(=O)I)[C@H]1[C@@H]3C(=O)OI. The minimum absolute atomic E-state index is 0.0668. The molecule has 0 radical (unpaired) electrons. The van der Waals surface area contributed by atoms with Crippen molar-refractivity contribution in [1.82, 2.24) is 0 Å². The predicted octanol–water partition coefficient (Wildman–Crippen LogP) is 4.15. The molecule has 4 aliphatic rings. The van der Waals surface area contributed by atoms with Gasteiger partial charge in [0.1, 0.15) is 0 Å². The Morgan fingerprint density at radius 3 is 2.76 bits per heavy atom. The van der Waals surface area contributed by atoms with E-state index in [0.29, 0.717) is 18.3 Å². The van der Waals surface area contributed by atoms with Gasteiger partial charge >= 0.3 is 5.97 Å². The van der Waals surface area contributed by atoms with E-state index >= 15 is 0 Å². The summed E-state index contributed by atoms with van der Waals surface area (Å²) in [7, 11) is 0. The average Bonchev–Trinajstić information content (AvgIpc) is 3.01. The third-order valence-electron chi connectivity index (χ3n) is 7.64. The van der Waals surface area contributed by atoms with Crippen molar-refractivity contribution in [3.8, 4) is 0 Å². The monoisotopic (exact) mass is 568 g/mol. The average molecular weight is 568 g/mol. The molecular formula is C19H22I2O4. The number of allylic oxidation sites excluding steroid dienone is 2. The Morgan fingerprint density at radius 2 is 2.12 bits per heavy atom. The molecule has 0 heterocycles. The van der Waals surface area contributed by atoms with Crippen molar-refractivity contribution in [1.29, 1.82) is 0 Å². The second-order valence-corrected chi connectivity index (χ2v) is 9.88. The Morgan fingerprint density at radius 1 is 1.40 bits per heavy atom. The lowest BCUT2D eigenvalue weighted by Crippen LogP contribution is -2.50. The molecule has 2 bridgehead atoms. The number of hydrogen-bond donors (Lipinski definition) is 1. The molecule has 4 aliphatic carbocycles. The maximum Gasteiger partial charge on any atom is 0.319 e. The zero-order chi connectivity index (χ0) is 18.1. The normalized spacial score (nSPS) is 47.8. The molecule has 1 unspecified atom stereocenters. The number of aliphatic hydroxyl groups is 1. The van der Waals surface area contributed by atoms with Crippen LogP contribution < -0.4 is 0 Å². The van der Waals surface area contributed by atoms with Gasteiger partial charge in [0.25, 0.3) is 0 Å². The van der Waals surface area contributed by atoms with Crippen molar-refractivity contribution in [2.75, 3.05) is 0 Å². The number of carbonyl (C=O) groups is 2. The summed E-state index contributed by atoms with van der Waals surface area (Å²) in [6, 6.07) is 0. The lowest BCUT2D eigenvalue weighted by Gasteiger charge is -2.43. The summed E-state index contributed by atoms with van der Waals surface area (Å²) in [6.07, 6.45) is 5.80. The molecule has 0 amide bonds. The maximum atomic E-state index is 12.9. The van der Waals surface area contributed by atoms with E-state index in [1.807, 2.05) is 6.92 Å². The van der Waals surface area contributed by atoms with E-state index in [4.69, 9.17) is 3.07 Å². The van der Waals surface area contributed by atoms with Crippen LogP contribution in [-0.4, -0.2) is 21.0 Å². The first-order valence-electron chi connectivity index (χ1n) is 8.85. The molecule has 0 saturated heterocycles. The van der Waals surface area contributed by atoms with Crippen LogP contribution in [0, 0.1) is 34.5 Å². The predicted molar refractivity (Wildman–Crippen MR) is 110 cm³/mol. The standard InChI is InChI=1S/C19H22I2O4/c1-9-7-19-8-10(9)3-5-12(19)11-4-6-13(22)18(2,17(20)24)14(11)15(19)16(23)25-21/h4,10,12-15,22H,1,3,5-8H2,2H3/t10-,12?,13+,14-,15-,18-,19+/m1/s1. The summed E-state index contributed by atoms with van der Waals surface area (Å²) < 4.78 is 5.13. The van der Waals surface area contributed by atoms with Gasteiger partial charge in [-0.2, -0.15) is 0 Å². The molecule has 4 nitrogen and oxygen atoms in total. The fourth-order valence-electron chi connectivity index (χ4n) is 6.50. The Kier molecular flexibility index (Phi) is 4.43. The van der Waals surface area contributed by atoms with Crippen molar-refractivity contribution in [2.24, 2.45) is 34.5 Å². The van der Waals surface area contributed by atoms with Crippen LogP contribution in [0.15, 0.2) is 23.8 Å². The number of fused-ring (bicyclic) bond motifs is 3.